The zero-order chi connectivity index (χ0) is 12.5. The summed E-state index contributed by atoms with van der Waals surface area (Å²) in [5.74, 6) is 5.14. The smallest absolute Gasteiger partial charge is 0.0930 e. The number of rotatable bonds is 3. The van der Waals surface area contributed by atoms with Crippen molar-refractivity contribution in [1.29, 1.82) is 0 Å². The molecule has 1 atom stereocenters. The maximum absolute atomic E-state index is 5.14. The molecule has 1 heterocycles. The molecule has 0 aliphatic heterocycles. The van der Waals surface area contributed by atoms with E-state index < -0.39 is 0 Å². The van der Waals surface area contributed by atoms with E-state index in [0.717, 1.165) is 18.4 Å². The molecule has 0 saturated heterocycles. The van der Waals surface area contributed by atoms with Crippen LogP contribution in [0.2, 0.25) is 0 Å². The van der Waals surface area contributed by atoms with E-state index in [1.807, 2.05) is 7.05 Å². The number of aromatic nitrogens is 1. The number of hydrogen-bond donors (Lipinski definition) is 3. The number of aryl methyl sites for hydroxylation is 1. The molecule has 4 heteroatoms. The summed E-state index contributed by atoms with van der Waals surface area (Å²) in [6.45, 7) is 0.464. The van der Waals surface area contributed by atoms with Gasteiger partial charge in [0.15, 0.2) is 0 Å². The largest absolute Gasteiger partial charge is 0.358 e. The minimum atomic E-state index is 0.464. The summed E-state index contributed by atoms with van der Waals surface area (Å²) >= 11 is 0. The van der Waals surface area contributed by atoms with Crippen LogP contribution in [-0.2, 0) is 24.3 Å². The average Bonchev–Trinajstić information content (AvgIpc) is 2.76. The fourth-order valence-corrected chi connectivity index (χ4v) is 2.90. The summed E-state index contributed by atoms with van der Waals surface area (Å²) in [4.78, 5) is 8.25. The number of aromatic amines is 1. The molecule has 1 aromatic heterocycles. The number of H-pyrrole nitrogens is 1. The van der Waals surface area contributed by atoms with Crippen LogP contribution in [0.25, 0.3) is 10.9 Å². The molecule has 0 saturated carbocycles. The summed E-state index contributed by atoms with van der Waals surface area (Å²) < 4.78 is 0. The molecular formula is C14H19N3O. The van der Waals surface area contributed by atoms with Crippen molar-refractivity contribution < 1.29 is 4.84 Å². The van der Waals surface area contributed by atoms with Gasteiger partial charge < -0.3 is 10.3 Å². The van der Waals surface area contributed by atoms with Gasteiger partial charge in [-0.2, -0.15) is 0 Å². The number of benzene rings is 1. The minimum Gasteiger partial charge on any atom is -0.358 e. The lowest BCUT2D eigenvalue weighted by Gasteiger charge is -2.21. The van der Waals surface area contributed by atoms with Crippen LogP contribution in [0.1, 0.15) is 23.2 Å². The third-order valence-electron chi connectivity index (χ3n) is 3.91. The van der Waals surface area contributed by atoms with E-state index in [1.54, 1.807) is 0 Å². The third-order valence-corrected chi connectivity index (χ3v) is 3.91. The van der Waals surface area contributed by atoms with Crippen LogP contribution in [0.15, 0.2) is 18.2 Å². The first kappa shape index (κ1) is 11.7. The van der Waals surface area contributed by atoms with Crippen molar-refractivity contribution in [3.63, 3.8) is 0 Å². The van der Waals surface area contributed by atoms with Crippen LogP contribution >= 0.6 is 0 Å². The van der Waals surface area contributed by atoms with E-state index in [9.17, 15) is 0 Å². The topological polar surface area (TPSA) is 63.1 Å². The third kappa shape index (κ3) is 1.92. The lowest BCUT2D eigenvalue weighted by atomic mass is 9.91. The van der Waals surface area contributed by atoms with Crippen molar-refractivity contribution in [1.82, 2.24) is 10.3 Å². The van der Waals surface area contributed by atoms with Crippen LogP contribution < -0.4 is 11.2 Å². The second kappa shape index (κ2) is 4.72. The average molecular weight is 245 g/mol. The molecule has 0 bridgehead atoms. The minimum absolute atomic E-state index is 0.464. The van der Waals surface area contributed by atoms with E-state index >= 15 is 0 Å². The first-order valence-corrected chi connectivity index (χ1v) is 6.43. The molecule has 0 spiro atoms. The highest BCUT2D eigenvalue weighted by Crippen LogP contribution is 2.29. The quantitative estimate of drug-likeness (QED) is 0.720. The van der Waals surface area contributed by atoms with E-state index in [0.29, 0.717) is 12.6 Å². The van der Waals surface area contributed by atoms with Crippen molar-refractivity contribution >= 4 is 10.9 Å². The SMILES string of the molecule is CNC1CCc2[nH]c3ccc(CON)cc3c2C1. The summed E-state index contributed by atoms with van der Waals surface area (Å²) in [5, 5.41) is 4.70. The van der Waals surface area contributed by atoms with Crippen molar-refractivity contribution in [2.24, 2.45) is 5.90 Å². The number of nitrogens with two attached hydrogens (primary N) is 1. The fraction of sp³-hybridized carbons (Fsp3) is 0.429. The van der Waals surface area contributed by atoms with Gasteiger partial charge in [0.1, 0.15) is 0 Å². The Morgan fingerprint density at radius 3 is 3.17 bits per heavy atom. The molecule has 96 valence electrons. The van der Waals surface area contributed by atoms with Crippen LogP contribution in [0.5, 0.6) is 0 Å². The number of fused-ring (bicyclic) bond motifs is 3. The highest BCUT2D eigenvalue weighted by atomic mass is 16.6. The lowest BCUT2D eigenvalue weighted by Crippen LogP contribution is -2.31. The number of hydrogen-bond acceptors (Lipinski definition) is 3. The van der Waals surface area contributed by atoms with Gasteiger partial charge in [-0.15, -0.1) is 0 Å². The van der Waals surface area contributed by atoms with E-state index in [4.69, 9.17) is 10.7 Å². The molecule has 0 fully saturated rings. The van der Waals surface area contributed by atoms with E-state index in [1.165, 1.54) is 28.6 Å². The Morgan fingerprint density at radius 2 is 2.39 bits per heavy atom. The first-order valence-electron chi connectivity index (χ1n) is 6.43. The lowest BCUT2D eigenvalue weighted by molar-refractivity contribution is 0.124. The molecule has 0 radical (unpaired) electrons. The molecule has 3 rings (SSSR count). The van der Waals surface area contributed by atoms with Gasteiger partial charge in [0.05, 0.1) is 6.61 Å². The Balaban J connectivity index is 2.05. The Bertz CT molecular complexity index is 561. The molecule has 0 amide bonds. The van der Waals surface area contributed by atoms with Gasteiger partial charge in [-0.05, 0) is 49.6 Å². The van der Waals surface area contributed by atoms with Gasteiger partial charge in [0.25, 0.3) is 0 Å². The maximum Gasteiger partial charge on any atom is 0.0930 e. The number of likely N-dealkylation sites (N-methyl/N-ethyl adjacent to an activating group) is 1. The van der Waals surface area contributed by atoms with Gasteiger partial charge >= 0.3 is 0 Å². The van der Waals surface area contributed by atoms with Crippen LogP contribution in [0, 0.1) is 0 Å². The Labute approximate surface area is 106 Å². The molecule has 4 nitrogen and oxygen atoms in total. The zero-order valence-electron chi connectivity index (χ0n) is 10.6. The summed E-state index contributed by atoms with van der Waals surface area (Å²) in [6.07, 6.45) is 3.42. The molecule has 1 aromatic carbocycles. The summed E-state index contributed by atoms with van der Waals surface area (Å²) in [5.41, 5.74) is 5.19. The van der Waals surface area contributed by atoms with Crippen LogP contribution in [-0.4, -0.2) is 18.1 Å². The van der Waals surface area contributed by atoms with Gasteiger partial charge in [0, 0.05) is 22.6 Å². The normalized spacial score (nSPS) is 19.1. The summed E-state index contributed by atoms with van der Waals surface area (Å²) in [7, 11) is 2.04. The summed E-state index contributed by atoms with van der Waals surface area (Å²) in [6, 6.07) is 6.96. The Hall–Kier alpha value is -1.36. The first-order chi connectivity index (χ1) is 8.81. The Morgan fingerprint density at radius 1 is 1.50 bits per heavy atom. The number of nitrogens with one attached hydrogen (secondary N) is 2. The maximum atomic E-state index is 5.14. The molecule has 1 aliphatic rings. The van der Waals surface area contributed by atoms with Gasteiger partial charge in [-0.1, -0.05) is 6.07 Å². The van der Waals surface area contributed by atoms with E-state index in [-0.39, 0.29) is 0 Å². The van der Waals surface area contributed by atoms with Gasteiger partial charge in [-0.3, -0.25) is 4.84 Å². The molecule has 1 unspecified atom stereocenters. The van der Waals surface area contributed by atoms with Crippen molar-refractivity contribution in [3.8, 4) is 0 Å². The zero-order valence-corrected chi connectivity index (χ0v) is 10.6. The van der Waals surface area contributed by atoms with Crippen molar-refractivity contribution in [2.75, 3.05) is 7.05 Å². The molecule has 1 aliphatic carbocycles. The standard InChI is InChI=1S/C14H19N3O/c1-16-10-3-5-14-12(7-10)11-6-9(8-18-15)2-4-13(11)17-14/h2,4,6,10,16-17H,3,5,7-8,15H2,1H3. The molecular weight excluding hydrogens is 226 g/mol. The van der Waals surface area contributed by atoms with Gasteiger partial charge in [0.2, 0.25) is 0 Å². The monoisotopic (exact) mass is 245 g/mol. The van der Waals surface area contributed by atoms with Crippen LogP contribution in [0.3, 0.4) is 0 Å². The predicted octanol–water partition coefficient (Wildman–Crippen LogP) is 1.63. The second-order valence-corrected chi connectivity index (χ2v) is 5.00. The van der Waals surface area contributed by atoms with Gasteiger partial charge in [-0.25, -0.2) is 5.90 Å². The highest BCUT2D eigenvalue weighted by molar-refractivity contribution is 5.85. The Kier molecular flexibility index (Phi) is 3.07. The second-order valence-electron chi connectivity index (χ2n) is 5.00. The van der Waals surface area contributed by atoms with Crippen LogP contribution in [0.4, 0.5) is 0 Å². The van der Waals surface area contributed by atoms with E-state index in [2.05, 4.69) is 28.5 Å². The molecule has 4 N–H and O–H groups in total. The fourth-order valence-electron chi connectivity index (χ4n) is 2.90. The highest BCUT2D eigenvalue weighted by Gasteiger charge is 2.21. The van der Waals surface area contributed by atoms with Crippen molar-refractivity contribution in [2.45, 2.75) is 31.9 Å². The predicted molar refractivity (Wildman–Crippen MR) is 72.1 cm³/mol. The van der Waals surface area contributed by atoms with Crippen molar-refractivity contribution in [3.05, 3.63) is 35.0 Å². The molecule has 18 heavy (non-hydrogen) atoms. The molecule has 2 aromatic rings.